The van der Waals surface area contributed by atoms with Crippen molar-refractivity contribution in [2.24, 2.45) is 33.7 Å². The number of nitrogens with two attached hydrogens (primary N) is 5. The fraction of sp³-hybridized carbons (Fsp3) is 0.479. The van der Waals surface area contributed by atoms with E-state index in [1.54, 1.807) is 30.3 Å². The number of rotatable bonds is 21. The number of aliphatic carboxylic acids is 1. The van der Waals surface area contributed by atoms with Crippen molar-refractivity contribution in [1.29, 1.82) is 0 Å². The van der Waals surface area contributed by atoms with Crippen LogP contribution in [0.25, 0.3) is 0 Å². The van der Waals surface area contributed by atoms with E-state index < -0.39 is 152 Å². The zero-order valence-corrected chi connectivity index (χ0v) is 44.4. The molecule has 0 bridgehead atoms. The molecule has 31 heteroatoms. The average Bonchev–Trinajstić information content (AvgIpc) is 3.90. The second-order valence-electron chi connectivity index (χ2n) is 18.3. The zero-order valence-electron chi connectivity index (χ0n) is 42.8. The second kappa shape index (κ2) is 31.9. The molecule has 20 N–H and O–H groups in total. The van der Waals surface area contributed by atoms with Crippen LogP contribution in [-0.4, -0.2) is 178 Å². The topological polar surface area (TPSA) is 487 Å². The van der Waals surface area contributed by atoms with Gasteiger partial charge in [-0.2, -0.15) is 0 Å². The predicted molar refractivity (Wildman–Crippen MR) is 287 cm³/mol. The molecule has 2 saturated heterocycles. The summed E-state index contributed by atoms with van der Waals surface area (Å²) in [6.45, 7) is -1.37. The molecule has 11 amide bonds. The molecule has 430 valence electrons. The van der Waals surface area contributed by atoms with Gasteiger partial charge in [0.1, 0.15) is 54.6 Å². The minimum absolute atomic E-state index is 0.0372. The third-order valence-electron chi connectivity index (χ3n) is 12.1. The molecule has 0 saturated carbocycles. The predicted octanol–water partition coefficient (Wildman–Crippen LogP) is -5.69. The summed E-state index contributed by atoms with van der Waals surface area (Å²) in [6.07, 6.45) is -1.68. The van der Waals surface area contributed by atoms with E-state index >= 15 is 0 Å². The lowest BCUT2D eigenvalue weighted by Crippen LogP contribution is -2.61. The molecular formula is C48H67N15O14S2. The number of aliphatic imine (C=N–C) groups is 1. The lowest BCUT2D eigenvalue weighted by atomic mass is 10.0. The Kier molecular flexibility index (Phi) is 25.6. The Balaban J connectivity index is 1.69. The molecule has 79 heavy (non-hydrogen) atoms. The summed E-state index contributed by atoms with van der Waals surface area (Å²) in [5.41, 5.74) is 29.2. The molecule has 0 aromatic heterocycles. The van der Waals surface area contributed by atoms with Crippen LogP contribution in [0.5, 0.6) is 5.75 Å². The number of benzene rings is 2. The van der Waals surface area contributed by atoms with Crippen LogP contribution in [0.4, 0.5) is 0 Å². The SMILES string of the molecule is NC(=O)CC[C@@H]1NC(=O)[C@H](Cc2ccccc2)NC(=O)[C@H](Cc2ccc(O)cc2)NC(=O)[C@@H](N)CSSC[C@@H](C(=O)N2CCC[C@H]2C(=O)N[C@@H](CCCN=C(N)N)C(=O)NCC(=O)NCC(=O)O)NC(=O)[C@H](CC(N)=O)NC1=O. The lowest BCUT2D eigenvalue weighted by Gasteiger charge is -2.31. The molecule has 0 aliphatic carbocycles. The fourth-order valence-electron chi connectivity index (χ4n) is 8.03. The van der Waals surface area contributed by atoms with Gasteiger partial charge in [-0.15, -0.1) is 0 Å². The number of carbonyl (C=O) groups excluding carboxylic acids is 11. The monoisotopic (exact) mass is 1140 g/mol. The van der Waals surface area contributed by atoms with Gasteiger partial charge in [-0.1, -0.05) is 64.1 Å². The standard InChI is InChI=1S/C48H67N15O14S2/c49-28-23-78-79-24-34(47(77)63-17-5-9-35(63)46(76)58-29(8-4-16-54-48(52)53)41(71)56-21-38(67)55-22-39(68)69)62-45(75)33(20-37(51)66)61-42(72)30(14-15-36(50)65)57-43(73)32(18-25-6-2-1-3-7-25)60-44(74)31(59-40(28)70)19-26-10-12-27(64)13-11-26/h1-3,6-7,10-13,28-35,64H,4-5,8-9,14-24,49H2,(H2,50,65)(H2,51,66)(H,55,67)(H,56,71)(H,57,73)(H,58,76)(H,59,70)(H,60,74)(H,61,72)(H,62,75)(H,68,69)(H4,52,53,54)/t28-,29-,30-,31-,32-,33-,34-,35-/m0/s1. The normalized spacial score (nSPS) is 22.0. The number of primary amides is 2. The Morgan fingerprint density at radius 1 is 0.709 bits per heavy atom. The van der Waals surface area contributed by atoms with Crippen molar-refractivity contribution in [2.45, 2.75) is 106 Å². The highest BCUT2D eigenvalue weighted by Crippen LogP contribution is 2.26. The van der Waals surface area contributed by atoms with Gasteiger partial charge < -0.3 is 86.3 Å². The molecule has 0 radical (unpaired) electrons. The number of guanidine groups is 1. The van der Waals surface area contributed by atoms with Crippen LogP contribution in [0.2, 0.25) is 0 Å². The summed E-state index contributed by atoms with van der Waals surface area (Å²) < 4.78 is 0. The molecule has 0 unspecified atom stereocenters. The average molecular weight is 1140 g/mol. The minimum Gasteiger partial charge on any atom is -0.508 e. The largest absolute Gasteiger partial charge is 0.508 e. The third kappa shape index (κ3) is 22.0. The van der Waals surface area contributed by atoms with Crippen LogP contribution in [0.15, 0.2) is 59.6 Å². The fourth-order valence-corrected chi connectivity index (χ4v) is 10.3. The van der Waals surface area contributed by atoms with E-state index in [1.165, 1.54) is 24.3 Å². The Hall–Kier alpha value is -8.19. The molecule has 4 rings (SSSR count). The molecule has 0 spiro atoms. The highest BCUT2D eigenvalue weighted by atomic mass is 33.1. The van der Waals surface area contributed by atoms with Crippen molar-refractivity contribution in [3.05, 3.63) is 65.7 Å². The maximum atomic E-state index is 14.7. The van der Waals surface area contributed by atoms with E-state index in [9.17, 15) is 62.6 Å². The molecule has 2 aliphatic heterocycles. The van der Waals surface area contributed by atoms with Gasteiger partial charge in [-0.3, -0.25) is 62.5 Å². The van der Waals surface area contributed by atoms with Gasteiger partial charge in [-0.25, -0.2) is 0 Å². The third-order valence-corrected chi connectivity index (χ3v) is 14.5. The quantitative estimate of drug-likeness (QED) is 0.0240. The number of phenols is 1. The first-order chi connectivity index (χ1) is 37.5. The lowest BCUT2D eigenvalue weighted by molar-refractivity contribution is -0.142. The molecule has 2 aromatic rings. The van der Waals surface area contributed by atoms with E-state index in [-0.39, 0.29) is 74.8 Å². The van der Waals surface area contributed by atoms with Gasteiger partial charge in [0.2, 0.25) is 65.0 Å². The summed E-state index contributed by atoms with van der Waals surface area (Å²) >= 11 is 0. The molecule has 2 aromatic carbocycles. The number of nitrogens with one attached hydrogen (secondary N) is 8. The first-order valence-electron chi connectivity index (χ1n) is 24.8. The van der Waals surface area contributed by atoms with Crippen LogP contribution >= 0.6 is 21.6 Å². The Labute approximate surface area is 461 Å². The number of likely N-dealkylation sites (tertiary alicyclic amines) is 1. The van der Waals surface area contributed by atoms with Gasteiger partial charge in [-0.05, 0) is 55.4 Å². The van der Waals surface area contributed by atoms with Crippen molar-refractivity contribution >= 4 is 98.5 Å². The van der Waals surface area contributed by atoms with Gasteiger partial charge in [0, 0.05) is 43.9 Å². The van der Waals surface area contributed by atoms with Crippen molar-refractivity contribution in [1.82, 2.24) is 47.4 Å². The number of phenolic OH excluding ortho intramolecular Hbond substituents is 1. The summed E-state index contributed by atoms with van der Waals surface area (Å²) in [5, 5.41) is 38.6. The Morgan fingerprint density at radius 3 is 1.91 bits per heavy atom. The molecule has 8 atom stereocenters. The summed E-state index contributed by atoms with van der Waals surface area (Å²) in [4.78, 5) is 166. The van der Waals surface area contributed by atoms with Crippen molar-refractivity contribution in [2.75, 3.05) is 37.7 Å². The Bertz CT molecular complexity index is 2560. The highest BCUT2D eigenvalue weighted by Gasteiger charge is 2.41. The van der Waals surface area contributed by atoms with E-state index in [0.717, 1.165) is 26.5 Å². The molecule has 2 heterocycles. The van der Waals surface area contributed by atoms with Gasteiger partial charge in [0.05, 0.1) is 19.0 Å². The van der Waals surface area contributed by atoms with Gasteiger partial charge >= 0.3 is 5.97 Å². The van der Waals surface area contributed by atoms with Crippen molar-refractivity contribution in [3.8, 4) is 5.75 Å². The zero-order chi connectivity index (χ0) is 58.2. The van der Waals surface area contributed by atoms with Crippen LogP contribution in [-0.2, 0) is 70.4 Å². The van der Waals surface area contributed by atoms with Crippen LogP contribution in [0, 0.1) is 0 Å². The molecule has 29 nitrogen and oxygen atoms in total. The first-order valence-corrected chi connectivity index (χ1v) is 27.3. The number of hydrogen-bond acceptors (Lipinski definition) is 17. The van der Waals surface area contributed by atoms with Crippen molar-refractivity contribution in [3.63, 3.8) is 0 Å². The van der Waals surface area contributed by atoms with E-state index in [4.69, 9.17) is 33.8 Å². The smallest absolute Gasteiger partial charge is 0.322 e. The minimum atomic E-state index is -1.82. The van der Waals surface area contributed by atoms with Crippen LogP contribution in [0.3, 0.4) is 0 Å². The van der Waals surface area contributed by atoms with Crippen LogP contribution in [0.1, 0.15) is 56.1 Å². The summed E-state index contributed by atoms with van der Waals surface area (Å²) in [5.74, 6) is -12.2. The molecular weight excluding hydrogens is 1070 g/mol. The first kappa shape index (κ1) is 63.3. The highest BCUT2D eigenvalue weighted by molar-refractivity contribution is 8.76. The van der Waals surface area contributed by atoms with E-state index in [0.29, 0.717) is 11.1 Å². The number of nitrogens with zero attached hydrogens (tertiary/aromatic N) is 2. The van der Waals surface area contributed by atoms with Crippen molar-refractivity contribution < 1.29 is 67.7 Å². The number of carboxylic acids is 1. The molecule has 2 fully saturated rings. The van der Waals surface area contributed by atoms with Gasteiger partial charge in [0.15, 0.2) is 5.96 Å². The Morgan fingerprint density at radius 2 is 1.29 bits per heavy atom. The second-order valence-corrected chi connectivity index (χ2v) is 20.9. The maximum absolute atomic E-state index is 14.7. The molecule has 2 aliphatic rings. The summed E-state index contributed by atoms with van der Waals surface area (Å²) in [7, 11) is 1.95. The number of hydrogen-bond donors (Lipinski definition) is 15. The number of aromatic hydroxyl groups is 1. The number of amides is 11. The van der Waals surface area contributed by atoms with E-state index in [2.05, 4.69) is 47.5 Å². The maximum Gasteiger partial charge on any atom is 0.322 e. The van der Waals surface area contributed by atoms with Gasteiger partial charge in [0.25, 0.3) is 0 Å². The number of carboxylic acid groups (broad SMARTS) is 1. The van der Waals surface area contributed by atoms with E-state index in [1.807, 2.05) is 0 Å². The number of carbonyl (C=O) groups is 12. The van der Waals surface area contributed by atoms with Crippen LogP contribution < -0.4 is 71.2 Å². The summed E-state index contributed by atoms with van der Waals surface area (Å²) in [6, 6.07) is 2.43.